The summed E-state index contributed by atoms with van der Waals surface area (Å²) in [6.45, 7) is 4.73. The number of esters is 2. The molecule has 0 heterocycles. The maximum atomic E-state index is 12.7. The number of carbonyl (C=O) groups is 3. The molecule has 0 aliphatic rings. The van der Waals surface area contributed by atoms with Crippen LogP contribution in [0.5, 0.6) is 0 Å². The lowest BCUT2D eigenvalue weighted by Gasteiger charge is -2.31. The second-order valence-corrected chi connectivity index (χ2v) is 17.0. The van der Waals surface area contributed by atoms with Gasteiger partial charge in [-0.05, 0) is 44.9 Å². The van der Waals surface area contributed by atoms with E-state index < -0.39 is 18.1 Å². The first kappa shape index (κ1) is 53.8. The van der Waals surface area contributed by atoms with Crippen LogP contribution < -0.4 is 0 Å². The molecule has 2 atom stereocenters. The molecule has 0 aliphatic carbocycles. The minimum atomic E-state index is -0.874. The summed E-state index contributed by atoms with van der Waals surface area (Å²) in [5, 5.41) is 9.63. The molecule has 0 saturated heterocycles. The number of carboxylic acid groups (broad SMARTS) is 1. The Balaban J connectivity index is 4.30. The molecule has 0 aromatic carbocycles. The lowest BCUT2D eigenvalue weighted by atomic mass is 10.0. The molecule has 0 aromatic rings. The van der Waals surface area contributed by atoms with Gasteiger partial charge in [0.15, 0.2) is 12.1 Å². The number of carboxylic acids is 1. The topological polar surface area (TPSA) is 99.1 Å². The Labute approximate surface area is 345 Å². The van der Waals surface area contributed by atoms with Crippen LogP contribution in [0.4, 0.5) is 0 Å². The van der Waals surface area contributed by atoms with E-state index in [2.05, 4.69) is 38.2 Å². The van der Waals surface area contributed by atoms with E-state index >= 15 is 0 Å². The van der Waals surface area contributed by atoms with E-state index in [9.17, 15) is 19.5 Å². The van der Waals surface area contributed by atoms with Gasteiger partial charge in [-0.2, -0.15) is 0 Å². The van der Waals surface area contributed by atoms with Gasteiger partial charge in [-0.3, -0.25) is 9.59 Å². The summed E-state index contributed by atoms with van der Waals surface area (Å²) in [6.07, 6.45) is 43.5. The predicted molar refractivity (Wildman–Crippen MR) is 234 cm³/mol. The fourth-order valence-electron chi connectivity index (χ4n) is 6.95. The molecule has 0 aromatic heterocycles. The fraction of sp³-hybridized carbons (Fsp3) is 0.854. The van der Waals surface area contributed by atoms with Crippen molar-refractivity contribution in [2.75, 3.05) is 41.0 Å². The molecule has 0 bridgehead atoms. The van der Waals surface area contributed by atoms with Gasteiger partial charge >= 0.3 is 17.9 Å². The highest BCUT2D eigenvalue weighted by molar-refractivity contribution is 5.72. The summed E-state index contributed by atoms with van der Waals surface area (Å²) in [6, 6.07) is -0.613. The SMILES string of the molecule is CCCCC/C=C/C/C=C/CCCCCCCCCC(=O)OC(COCCC(C(=O)O)[N+](C)(C)C)COC(=O)CCCCCCCCCCCCCCCCC. The van der Waals surface area contributed by atoms with Gasteiger partial charge in [-0.1, -0.05) is 173 Å². The molecule has 328 valence electrons. The number of likely N-dealkylation sites (N-methyl/N-ethyl adjacent to an activating group) is 1. The molecular formula is C48H90NO7+. The van der Waals surface area contributed by atoms with E-state index in [4.69, 9.17) is 14.2 Å². The van der Waals surface area contributed by atoms with Gasteiger partial charge in [0, 0.05) is 19.3 Å². The van der Waals surface area contributed by atoms with Gasteiger partial charge in [0.1, 0.15) is 6.61 Å². The number of allylic oxidation sites excluding steroid dienone is 4. The Hall–Kier alpha value is -2.19. The third-order valence-electron chi connectivity index (χ3n) is 10.6. The Bertz CT molecular complexity index is 973. The number of ether oxygens (including phenoxy) is 3. The first-order chi connectivity index (χ1) is 27.1. The van der Waals surface area contributed by atoms with Crippen LogP contribution in [0.25, 0.3) is 0 Å². The molecule has 0 amide bonds. The number of unbranched alkanes of at least 4 members (excludes halogenated alkanes) is 24. The summed E-state index contributed by atoms with van der Waals surface area (Å²) >= 11 is 0. The van der Waals surface area contributed by atoms with E-state index in [1.807, 2.05) is 21.1 Å². The lowest BCUT2D eigenvalue weighted by Crippen LogP contribution is -2.50. The summed E-state index contributed by atoms with van der Waals surface area (Å²) in [5.41, 5.74) is 0. The number of aliphatic carboxylic acids is 1. The first-order valence-corrected chi connectivity index (χ1v) is 23.4. The van der Waals surface area contributed by atoms with Crippen molar-refractivity contribution in [3.63, 3.8) is 0 Å². The van der Waals surface area contributed by atoms with Crippen LogP contribution in [0.15, 0.2) is 24.3 Å². The standard InChI is InChI=1S/C48H89NO7/c1-6-8-10-12-14-16-18-20-22-23-25-27-29-31-33-35-37-39-47(51)56-44(42-54-41-40-45(48(52)53)49(3,4)5)43-55-46(50)38-36-34-32-30-28-26-24-21-19-17-15-13-11-9-7-2/h14,16,20,22,44-45H,6-13,15,17-19,21,23-43H2,1-5H3/p+1/b16-14+,22-20+. The van der Waals surface area contributed by atoms with Crippen molar-refractivity contribution >= 4 is 17.9 Å². The van der Waals surface area contributed by atoms with Gasteiger partial charge in [-0.15, -0.1) is 0 Å². The molecule has 0 radical (unpaired) electrons. The van der Waals surface area contributed by atoms with Crippen molar-refractivity contribution in [2.45, 2.75) is 225 Å². The average Bonchev–Trinajstić information content (AvgIpc) is 3.15. The average molecular weight is 793 g/mol. The number of hydrogen-bond acceptors (Lipinski definition) is 6. The maximum absolute atomic E-state index is 12.7. The zero-order valence-corrected chi connectivity index (χ0v) is 37.3. The molecular weight excluding hydrogens is 703 g/mol. The highest BCUT2D eigenvalue weighted by atomic mass is 16.6. The first-order valence-electron chi connectivity index (χ1n) is 23.4. The van der Waals surface area contributed by atoms with Crippen LogP contribution in [-0.4, -0.2) is 80.6 Å². The lowest BCUT2D eigenvalue weighted by molar-refractivity contribution is -0.887. The Morgan fingerprint density at radius 1 is 0.536 bits per heavy atom. The summed E-state index contributed by atoms with van der Waals surface area (Å²) in [4.78, 5) is 37.0. The molecule has 8 nitrogen and oxygen atoms in total. The van der Waals surface area contributed by atoms with Gasteiger partial charge in [0.25, 0.3) is 0 Å². The molecule has 2 unspecified atom stereocenters. The van der Waals surface area contributed by atoms with E-state index in [1.54, 1.807) is 0 Å². The summed E-state index contributed by atoms with van der Waals surface area (Å²) in [5.74, 6) is -1.46. The molecule has 0 fully saturated rings. The zero-order chi connectivity index (χ0) is 41.4. The number of carbonyl (C=O) groups excluding carboxylic acids is 2. The number of quaternary nitrogens is 1. The molecule has 1 N–H and O–H groups in total. The van der Waals surface area contributed by atoms with Crippen molar-refractivity contribution in [3.8, 4) is 0 Å². The van der Waals surface area contributed by atoms with E-state index in [-0.39, 0.29) is 36.2 Å². The maximum Gasteiger partial charge on any atom is 0.362 e. The highest BCUT2D eigenvalue weighted by Gasteiger charge is 2.31. The monoisotopic (exact) mass is 793 g/mol. The van der Waals surface area contributed by atoms with E-state index in [1.165, 1.54) is 128 Å². The molecule has 0 spiro atoms. The number of rotatable bonds is 42. The van der Waals surface area contributed by atoms with Crippen LogP contribution in [0, 0.1) is 0 Å². The van der Waals surface area contributed by atoms with Crippen LogP contribution in [0.2, 0.25) is 0 Å². The van der Waals surface area contributed by atoms with Crippen LogP contribution in [-0.2, 0) is 28.6 Å². The minimum absolute atomic E-state index is 0.0497. The second-order valence-electron chi connectivity index (χ2n) is 17.0. The normalized spacial score (nSPS) is 13.1. The predicted octanol–water partition coefficient (Wildman–Crippen LogP) is 12.9. The third-order valence-corrected chi connectivity index (χ3v) is 10.6. The second kappa shape index (κ2) is 39.6. The zero-order valence-electron chi connectivity index (χ0n) is 37.3. The fourth-order valence-corrected chi connectivity index (χ4v) is 6.95. The Morgan fingerprint density at radius 3 is 1.41 bits per heavy atom. The van der Waals surface area contributed by atoms with Gasteiger partial charge in [0.2, 0.25) is 0 Å². The van der Waals surface area contributed by atoms with Gasteiger partial charge in [-0.25, -0.2) is 4.79 Å². The molecule has 0 aliphatic heterocycles. The summed E-state index contributed by atoms with van der Waals surface area (Å²) in [7, 11) is 5.53. The molecule has 0 rings (SSSR count). The molecule has 56 heavy (non-hydrogen) atoms. The number of nitrogens with zero attached hydrogens (tertiary/aromatic N) is 1. The van der Waals surface area contributed by atoms with Crippen LogP contribution in [0.1, 0.15) is 213 Å². The van der Waals surface area contributed by atoms with Gasteiger partial charge in [0.05, 0.1) is 34.4 Å². The smallest absolute Gasteiger partial charge is 0.362 e. The molecule has 8 heteroatoms. The van der Waals surface area contributed by atoms with Crippen LogP contribution >= 0.6 is 0 Å². The van der Waals surface area contributed by atoms with Crippen molar-refractivity contribution in [1.29, 1.82) is 0 Å². The van der Waals surface area contributed by atoms with E-state index in [0.29, 0.717) is 19.3 Å². The third kappa shape index (κ3) is 37.4. The van der Waals surface area contributed by atoms with Gasteiger partial charge < -0.3 is 23.8 Å². The largest absolute Gasteiger partial charge is 0.477 e. The Kier molecular flexibility index (Phi) is 38.1. The Morgan fingerprint density at radius 2 is 0.946 bits per heavy atom. The molecule has 0 saturated carbocycles. The quantitative estimate of drug-likeness (QED) is 0.0284. The van der Waals surface area contributed by atoms with Crippen molar-refractivity contribution in [1.82, 2.24) is 0 Å². The summed E-state index contributed by atoms with van der Waals surface area (Å²) < 4.78 is 17.3. The highest BCUT2D eigenvalue weighted by Crippen LogP contribution is 2.15. The van der Waals surface area contributed by atoms with Crippen LogP contribution in [0.3, 0.4) is 0 Å². The van der Waals surface area contributed by atoms with Crippen molar-refractivity contribution in [3.05, 3.63) is 24.3 Å². The van der Waals surface area contributed by atoms with Crippen molar-refractivity contribution < 1.29 is 38.2 Å². The minimum Gasteiger partial charge on any atom is -0.477 e. The number of hydrogen-bond donors (Lipinski definition) is 1. The van der Waals surface area contributed by atoms with E-state index in [0.717, 1.165) is 51.4 Å². The van der Waals surface area contributed by atoms with Crippen molar-refractivity contribution in [2.24, 2.45) is 0 Å².